The lowest BCUT2D eigenvalue weighted by Crippen LogP contribution is -1.84. The predicted octanol–water partition coefficient (Wildman–Crippen LogP) is 3.14. The van der Waals surface area contributed by atoms with E-state index in [4.69, 9.17) is 0 Å². The van der Waals surface area contributed by atoms with Gasteiger partial charge in [0.15, 0.2) is 0 Å². The number of halogens is 1. The van der Waals surface area contributed by atoms with E-state index in [0.29, 0.717) is 0 Å². The van der Waals surface area contributed by atoms with Crippen LogP contribution in [0.5, 0.6) is 0 Å². The molecule has 1 aromatic carbocycles. The molecule has 0 atom stereocenters. The minimum absolute atomic E-state index is 1.05. The van der Waals surface area contributed by atoms with Crippen molar-refractivity contribution in [1.29, 1.82) is 0 Å². The molecule has 0 bridgehead atoms. The van der Waals surface area contributed by atoms with Gasteiger partial charge in [-0.1, -0.05) is 6.92 Å². The second-order valence-electron chi connectivity index (χ2n) is 2.13. The first-order chi connectivity index (χ1) is 4.74. The molecule has 0 N–H and O–H groups in total. The average molecular weight is 264 g/mol. The van der Waals surface area contributed by atoms with Gasteiger partial charge in [-0.05, 0) is 52.8 Å². The van der Waals surface area contributed by atoms with E-state index in [1.54, 1.807) is 0 Å². The number of hydrogen-bond acceptors (Lipinski definition) is 1. The minimum atomic E-state index is 1.05. The monoisotopic (exact) mass is 264 g/mol. The van der Waals surface area contributed by atoms with Crippen LogP contribution >= 0.6 is 35.2 Å². The third-order valence-electron chi connectivity index (χ3n) is 1.41. The summed E-state index contributed by atoms with van der Waals surface area (Å²) in [6, 6.07) is 6.23. The maximum atomic E-state index is 4.25. The van der Waals surface area contributed by atoms with Gasteiger partial charge in [-0.2, -0.15) is 0 Å². The van der Waals surface area contributed by atoms with Crippen LogP contribution in [0.15, 0.2) is 23.1 Å². The lowest BCUT2D eigenvalue weighted by molar-refractivity contribution is 1.11. The topological polar surface area (TPSA) is 0 Å². The maximum Gasteiger partial charge on any atom is 0.0163 e. The Bertz CT molecular complexity index is 233. The van der Waals surface area contributed by atoms with Crippen LogP contribution in [-0.2, 0) is 6.42 Å². The van der Waals surface area contributed by atoms with Gasteiger partial charge < -0.3 is 0 Å². The van der Waals surface area contributed by atoms with E-state index in [9.17, 15) is 0 Å². The fraction of sp³-hybridized carbons (Fsp3) is 0.250. The summed E-state index contributed by atoms with van der Waals surface area (Å²) < 4.78 is 1.33. The highest BCUT2D eigenvalue weighted by Gasteiger charge is 1.95. The zero-order chi connectivity index (χ0) is 7.56. The van der Waals surface area contributed by atoms with Crippen LogP contribution in [0.3, 0.4) is 0 Å². The van der Waals surface area contributed by atoms with Crippen molar-refractivity contribution in [2.45, 2.75) is 18.2 Å². The Balaban J connectivity index is 3.09. The summed E-state index contributed by atoms with van der Waals surface area (Å²) >= 11 is 6.60. The van der Waals surface area contributed by atoms with Crippen molar-refractivity contribution in [3.8, 4) is 0 Å². The molecular weight excluding hydrogens is 255 g/mol. The van der Waals surface area contributed by atoms with Crippen molar-refractivity contribution in [2.75, 3.05) is 0 Å². The fourth-order valence-corrected chi connectivity index (χ4v) is 1.78. The molecule has 1 aromatic rings. The lowest BCUT2D eigenvalue weighted by Gasteiger charge is -2.00. The molecule has 0 aliphatic heterocycles. The zero-order valence-corrected chi connectivity index (χ0v) is 8.82. The van der Waals surface area contributed by atoms with E-state index in [0.717, 1.165) is 11.3 Å². The van der Waals surface area contributed by atoms with E-state index in [2.05, 4.69) is 54.3 Å². The van der Waals surface area contributed by atoms with Crippen LogP contribution in [0.2, 0.25) is 0 Å². The van der Waals surface area contributed by atoms with E-state index in [1.165, 1.54) is 9.13 Å². The molecule has 0 unspecified atom stereocenters. The maximum absolute atomic E-state index is 4.25. The Morgan fingerprint density at radius 1 is 1.50 bits per heavy atom. The van der Waals surface area contributed by atoms with Gasteiger partial charge in [-0.25, -0.2) is 0 Å². The summed E-state index contributed by atoms with van der Waals surface area (Å²) in [5, 5.41) is 0. The van der Waals surface area contributed by atoms with Gasteiger partial charge in [0.2, 0.25) is 0 Å². The van der Waals surface area contributed by atoms with E-state index < -0.39 is 0 Å². The normalized spacial score (nSPS) is 9.90. The van der Waals surface area contributed by atoms with E-state index in [1.807, 2.05) is 6.07 Å². The lowest BCUT2D eigenvalue weighted by atomic mass is 10.2. The van der Waals surface area contributed by atoms with Gasteiger partial charge in [0.05, 0.1) is 0 Å². The minimum Gasteiger partial charge on any atom is -0.143 e. The molecule has 0 heterocycles. The number of aryl methyl sites for hydroxylation is 1. The van der Waals surface area contributed by atoms with Gasteiger partial charge in [0, 0.05) is 8.47 Å². The molecule has 1 rings (SSSR count). The Kier molecular flexibility index (Phi) is 3.04. The SMILES string of the molecule is CCc1cc(S)ccc1I. The summed E-state index contributed by atoms with van der Waals surface area (Å²) in [6.07, 6.45) is 1.09. The van der Waals surface area contributed by atoms with Crippen molar-refractivity contribution < 1.29 is 0 Å². The highest BCUT2D eigenvalue weighted by Crippen LogP contribution is 2.16. The highest BCUT2D eigenvalue weighted by molar-refractivity contribution is 14.1. The second-order valence-corrected chi connectivity index (χ2v) is 3.81. The van der Waals surface area contributed by atoms with Crippen molar-refractivity contribution in [3.63, 3.8) is 0 Å². The molecule has 0 aromatic heterocycles. The van der Waals surface area contributed by atoms with Gasteiger partial charge in [-0.15, -0.1) is 12.6 Å². The Morgan fingerprint density at radius 3 is 2.70 bits per heavy atom. The van der Waals surface area contributed by atoms with Crippen molar-refractivity contribution in [1.82, 2.24) is 0 Å². The predicted molar refractivity (Wildman–Crippen MR) is 55.8 cm³/mol. The van der Waals surface area contributed by atoms with Crippen molar-refractivity contribution in [3.05, 3.63) is 27.3 Å². The summed E-state index contributed by atoms with van der Waals surface area (Å²) in [5.74, 6) is 0. The first-order valence-electron chi connectivity index (χ1n) is 3.21. The van der Waals surface area contributed by atoms with Crippen LogP contribution in [0.25, 0.3) is 0 Å². The molecule has 0 nitrogen and oxygen atoms in total. The highest BCUT2D eigenvalue weighted by atomic mass is 127. The summed E-state index contributed by atoms with van der Waals surface area (Å²) in [6.45, 7) is 2.16. The Morgan fingerprint density at radius 2 is 2.20 bits per heavy atom. The van der Waals surface area contributed by atoms with Crippen LogP contribution in [0, 0.1) is 3.57 Å². The van der Waals surface area contributed by atoms with Gasteiger partial charge in [0.1, 0.15) is 0 Å². The molecule has 0 saturated carbocycles. The summed E-state index contributed by atoms with van der Waals surface area (Å²) in [7, 11) is 0. The standard InChI is InChI=1S/C8H9IS/c1-2-6-5-7(10)3-4-8(6)9/h3-5,10H,2H2,1H3. The van der Waals surface area contributed by atoms with Crippen LogP contribution in [-0.4, -0.2) is 0 Å². The fourth-order valence-electron chi connectivity index (χ4n) is 0.832. The third kappa shape index (κ3) is 1.89. The molecule has 2 heteroatoms. The summed E-state index contributed by atoms with van der Waals surface area (Å²) in [4.78, 5) is 1.05. The molecule has 54 valence electrons. The van der Waals surface area contributed by atoms with Crippen LogP contribution in [0.1, 0.15) is 12.5 Å². The first-order valence-corrected chi connectivity index (χ1v) is 4.74. The van der Waals surface area contributed by atoms with Crippen molar-refractivity contribution >= 4 is 35.2 Å². The Hall–Kier alpha value is 0.300. The van der Waals surface area contributed by atoms with Crippen molar-refractivity contribution in [2.24, 2.45) is 0 Å². The molecule has 0 aliphatic carbocycles. The third-order valence-corrected chi connectivity index (χ3v) is 2.74. The molecule has 0 saturated heterocycles. The Labute approximate surface area is 80.6 Å². The van der Waals surface area contributed by atoms with E-state index >= 15 is 0 Å². The molecule has 10 heavy (non-hydrogen) atoms. The number of hydrogen-bond donors (Lipinski definition) is 1. The largest absolute Gasteiger partial charge is 0.143 e. The molecule has 0 aliphatic rings. The number of rotatable bonds is 1. The van der Waals surface area contributed by atoms with E-state index in [-0.39, 0.29) is 0 Å². The molecule has 0 amide bonds. The average Bonchev–Trinajstić information content (AvgIpc) is 1.94. The molecule has 0 radical (unpaired) electrons. The molecular formula is C8H9IS. The smallest absolute Gasteiger partial charge is 0.0163 e. The molecule has 0 spiro atoms. The van der Waals surface area contributed by atoms with Gasteiger partial charge in [0.25, 0.3) is 0 Å². The number of benzene rings is 1. The quantitative estimate of drug-likeness (QED) is 0.584. The van der Waals surface area contributed by atoms with Crippen LogP contribution in [0.4, 0.5) is 0 Å². The first kappa shape index (κ1) is 8.40. The van der Waals surface area contributed by atoms with Gasteiger partial charge in [-0.3, -0.25) is 0 Å². The zero-order valence-electron chi connectivity index (χ0n) is 5.76. The van der Waals surface area contributed by atoms with Gasteiger partial charge >= 0.3 is 0 Å². The van der Waals surface area contributed by atoms with Crippen LogP contribution < -0.4 is 0 Å². The second kappa shape index (κ2) is 3.62. The molecule has 0 fully saturated rings. The summed E-state index contributed by atoms with van der Waals surface area (Å²) in [5.41, 5.74) is 1.38. The number of thiol groups is 1.